The second-order valence-corrected chi connectivity index (χ2v) is 9.67. The van der Waals surface area contributed by atoms with Crippen molar-refractivity contribution in [1.82, 2.24) is 19.6 Å². The molecule has 3 aliphatic rings. The minimum Gasteiger partial charge on any atom is -0.378 e. The molecule has 0 aliphatic carbocycles. The van der Waals surface area contributed by atoms with Gasteiger partial charge in [-0.05, 0) is 42.9 Å². The van der Waals surface area contributed by atoms with E-state index in [1.165, 1.54) is 21.5 Å². The van der Waals surface area contributed by atoms with Gasteiger partial charge in [0.25, 0.3) is 0 Å². The number of benzene rings is 1. The number of hydrogen-bond donors (Lipinski definition) is 1. The molecule has 33 heavy (non-hydrogen) atoms. The number of ether oxygens (including phenoxy) is 1. The van der Waals surface area contributed by atoms with Crippen molar-refractivity contribution in [3.8, 4) is 0 Å². The lowest BCUT2D eigenvalue weighted by atomic mass is 10.0. The Morgan fingerprint density at radius 2 is 1.88 bits per heavy atom. The summed E-state index contributed by atoms with van der Waals surface area (Å²) < 4.78 is 6.92. The Hall–Kier alpha value is -2.84. The third kappa shape index (κ3) is 4.77. The van der Waals surface area contributed by atoms with Gasteiger partial charge in [-0.25, -0.2) is 4.79 Å². The van der Waals surface area contributed by atoms with E-state index in [9.17, 15) is 4.79 Å². The highest BCUT2D eigenvalue weighted by Gasteiger charge is 2.42. The van der Waals surface area contributed by atoms with Gasteiger partial charge in [0, 0.05) is 69.5 Å². The number of likely N-dealkylation sites (tertiary alicyclic amines) is 2. The highest BCUT2D eigenvalue weighted by molar-refractivity contribution is 5.76. The van der Waals surface area contributed by atoms with E-state index in [-0.39, 0.29) is 6.03 Å². The molecule has 4 heterocycles. The molecular formula is C25H34N6O2. The number of rotatable bonds is 5. The van der Waals surface area contributed by atoms with Crippen LogP contribution in [-0.4, -0.2) is 78.1 Å². The Morgan fingerprint density at radius 3 is 2.55 bits per heavy atom. The Bertz CT molecular complexity index is 1010. The fraction of sp³-hybridized carbons (Fsp3) is 0.520. The zero-order valence-corrected chi connectivity index (χ0v) is 19.7. The van der Waals surface area contributed by atoms with E-state index in [1.54, 1.807) is 12.3 Å². The van der Waals surface area contributed by atoms with Crippen molar-refractivity contribution in [1.29, 1.82) is 0 Å². The van der Waals surface area contributed by atoms with E-state index in [0.717, 1.165) is 64.7 Å². The zero-order chi connectivity index (χ0) is 22.9. The summed E-state index contributed by atoms with van der Waals surface area (Å²) in [4.78, 5) is 19.8. The lowest BCUT2D eigenvalue weighted by molar-refractivity contribution is 0.122. The number of aromatic nitrogens is 2. The maximum Gasteiger partial charge on any atom is 0.344 e. The summed E-state index contributed by atoms with van der Waals surface area (Å²) in [5, 5.41) is 7.39. The van der Waals surface area contributed by atoms with Crippen LogP contribution in [0.1, 0.15) is 18.1 Å². The number of aryl methyl sites for hydroxylation is 1. The molecule has 1 N–H and O–H groups in total. The minimum atomic E-state index is -0.0416. The summed E-state index contributed by atoms with van der Waals surface area (Å²) in [5.41, 5.74) is 4.83. The smallest absolute Gasteiger partial charge is 0.344 e. The van der Waals surface area contributed by atoms with Crippen LogP contribution in [0.25, 0.3) is 0 Å². The van der Waals surface area contributed by atoms with Gasteiger partial charge < -0.3 is 19.9 Å². The summed E-state index contributed by atoms with van der Waals surface area (Å²) in [6.45, 7) is 16.1. The van der Waals surface area contributed by atoms with Gasteiger partial charge in [0.05, 0.1) is 13.2 Å². The van der Waals surface area contributed by atoms with Gasteiger partial charge in [-0.2, -0.15) is 4.68 Å². The van der Waals surface area contributed by atoms with Crippen molar-refractivity contribution in [2.75, 3.05) is 62.7 Å². The van der Waals surface area contributed by atoms with E-state index < -0.39 is 0 Å². The predicted octanol–water partition coefficient (Wildman–Crippen LogP) is 3.01. The third-order valence-electron chi connectivity index (χ3n) is 6.98. The molecule has 2 unspecified atom stereocenters. The largest absolute Gasteiger partial charge is 0.378 e. The lowest BCUT2D eigenvalue weighted by Gasteiger charge is -2.30. The van der Waals surface area contributed by atoms with Crippen molar-refractivity contribution >= 4 is 17.5 Å². The molecule has 2 aromatic rings. The summed E-state index contributed by atoms with van der Waals surface area (Å²) in [6, 6.07) is 8.64. The van der Waals surface area contributed by atoms with Crippen molar-refractivity contribution in [2.24, 2.45) is 11.8 Å². The lowest BCUT2D eigenvalue weighted by Crippen LogP contribution is -2.36. The molecule has 0 spiro atoms. The molecule has 1 aromatic carbocycles. The van der Waals surface area contributed by atoms with Crippen molar-refractivity contribution in [2.45, 2.75) is 20.4 Å². The molecule has 5 rings (SSSR count). The van der Waals surface area contributed by atoms with Crippen LogP contribution in [0.15, 0.2) is 42.7 Å². The molecule has 176 valence electrons. The molecule has 0 radical (unpaired) electrons. The van der Waals surface area contributed by atoms with Crippen LogP contribution in [0.4, 0.5) is 16.3 Å². The highest BCUT2D eigenvalue weighted by atomic mass is 16.5. The zero-order valence-electron chi connectivity index (χ0n) is 19.7. The molecule has 8 nitrogen and oxygen atoms in total. The first-order valence-electron chi connectivity index (χ1n) is 11.9. The van der Waals surface area contributed by atoms with Crippen molar-refractivity contribution in [3.63, 3.8) is 0 Å². The molecule has 0 saturated carbocycles. The van der Waals surface area contributed by atoms with Crippen molar-refractivity contribution in [3.05, 3.63) is 53.9 Å². The number of amides is 1. The Labute approximate surface area is 195 Å². The number of anilines is 2. The van der Waals surface area contributed by atoms with Gasteiger partial charge in [-0.1, -0.05) is 18.7 Å². The van der Waals surface area contributed by atoms with Gasteiger partial charge in [0.2, 0.25) is 0 Å². The van der Waals surface area contributed by atoms with Crippen LogP contribution in [-0.2, 0) is 11.3 Å². The van der Waals surface area contributed by atoms with Crippen molar-refractivity contribution < 1.29 is 9.53 Å². The van der Waals surface area contributed by atoms with E-state index in [2.05, 4.69) is 51.9 Å². The Morgan fingerprint density at radius 1 is 1.15 bits per heavy atom. The fourth-order valence-corrected chi connectivity index (χ4v) is 5.47. The summed E-state index contributed by atoms with van der Waals surface area (Å²) in [6.07, 6.45) is 1.72. The van der Waals surface area contributed by atoms with Gasteiger partial charge in [0.15, 0.2) is 5.82 Å². The number of morpholine rings is 1. The number of fused-ring (bicyclic) bond motifs is 1. The number of nitrogens with zero attached hydrogens (tertiary/aromatic N) is 5. The maximum absolute atomic E-state index is 12.9. The van der Waals surface area contributed by atoms with Crippen LogP contribution < -0.4 is 10.2 Å². The second-order valence-electron chi connectivity index (χ2n) is 9.67. The van der Waals surface area contributed by atoms with Gasteiger partial charge in [0.1, 0.15) is 0 Å². The number of carbonyl (C=O) groups excluding carboxylic acids is 1. The van der Waals surface area contributed by atoms with Gasteiger partial charge in [-0.15, -0.1) is 5.10 Å². The fourth-order valence-electron chi connectivity index (χ4n) is 5.47. The molecule has 3 aliphatic heterocycles. The van der Waals surface area contributed by atoms with Crippen LogP contribution in [0, 0.1) is 18.8 Å². The Balaban J connectivity index is 1.15. The molecular weight excluding hydrogens is 416 g/mol. The van der Waals surface area contributed by atoms with E-state index >= 15 is 0 Å². The first kappa shape index (κ1) is 22.0. The summed E-state index contributed by atoms with van der Waals surface area (Å²) >= 11 is 0. The van der Waals surface area contributed by atoms with Gasteiger partial charge >= 0.3 is 6.03 Å². The normalized spacial score (nSPS) is 23.1. The summed E-state index contributed by atoms with van der Waals surface area (Å²) in [7, 11) is 0. The van der Waals surface area contributed by atoms with Gasteiger partial charge in [-0.3, -0.25) is 4.90 Å². The molecule has 1 amide bonds. The molecule has 0 bridgehead atoms. The molecule has 3 fully saturated rings. The first-order chi connectivity index (χ1) is 16.0. The molecule has 3 saturated heterocycles. The summed E-state index contributed by atoms with van der Waals surface area (Å²) in [5.74, 6) is 1.72. The molecule has 1 aromatic heterocycles. The SMILES string of the molecule is C=C(C)Nc1ccn(C(=O)N2CC3CN(Cc4ccc(N5CCOCC5)c(C)c4)CC3C2)n1. The number of carbonyl (C=O) groups is 1. The number of hydrogen-bond acceptors (Lipinski definition) is 6. The molecule has 2 atom stereocenters. The van der Waals surface area contributed by atoms with Crippen LogP contribution >= 0.6 is 0 Å². The van der Waals surface area contributed by atoms with E-state index in [1.807, 2.05) is 11.8 Å². The highest BCUT2D eigenvalue weighted by Crippen LogP contribution is 2.33. The number of nitrogens with one attached hydrogen (secondary N) is 1. The second kappa shape index (κ2) is 9.19. The Kier molecular flexibility index (Phi) is 6.12. The predicted molar refractivity (Wildman–Crippen MR) is 129 cm³/mol. The monoisotopic (exact) mass is 450 g/mol. The minimum absolute atomic E-state index is 0.0416. The topological polar surface area (TPSA) is 65.9 Å². The first-order valence-corrected chi connectivity index (χ1v) is 11.9. The molecule has 8 heteroatoms. The van der Waals surface area contributed by atoms with Crippen LogP contribution in [0.5, 0.6) is 0 Å². The average Bonchev–Trinajstić information content (AvgIpc) is 3.49. The standard InChI is InChI=1S/C25H34N6O2/c1-18(2)26-24-6-7-31(27-24)25(32)30-16-21-14-28(15-22(21)17-30)13-20-4-5-23(19(3)12-20)29-8-10-33-11-9-29/h4-7,12,21-22H,1,8-11,13-17H2,2-3H3,(H,26,27). The van der Waals surface area contributed by atoms with Crippen LogP contribution in [0.2, 0.25) is 0 Å². The van der Waals surface area contributed by atoms with Crippen LogP contribution in [0.3, 0.4) is 0 Å². The third-order valence-corrected chi connectivity index (χ3v) is 6.98. The maximum atomic E-state index is 12.9. The quantitative estimate of drug-likeness (QED) is 0.756. The van der Waals surface area contributed by atoms with E-state index in [4.69, 9.17) is 4.74 Å². The average molecular weight is 451 g/mol. The number of allylic oxidation sites excluding steroid dienone is 1. The van der Waals surface area contributed by atoms with E-state index in [0.29, 0.717) is 17.7 Å².